The van der Waals surface area contributed by atoms with Gasteiger partial charge in [-0.25, -0.2) is 0 Å². The summed E-state index contributed by atoms with van der Waals surface area (Å²) in [5.74, 6) is 1.84. The highest BCUT2D eigenvalue weighted by Crippen LogP contribution is 2.26. The lowest BCUT2D eigenvalue weighted by Gasteiger charge is -2.10. The highest BCUT2D eigenvalue weighted by atomic mass is 16.5. The summed E-state index contributed by atoms with van der Waals surface area (Å²) < 4.78 is 5.25. The average molecular weight is 252 g/mol. The molecule has 1 heterocycles. The van der Waals surface area contributed by atoms with Gasteiger partial charge < -0.3 is 9.63 Å². The van der Waals surface area contributed by atoms with Crippen molar-refractivity contribution in [3.8, 4) is 0 Å². The third-order valence-corrected chi connectivity index (χ3v) is 3.78. The van der Waals surface area contributed by atoms with Crippen molar-refractivity contribution >= 4 is 0 Å². The van der Waals surface area contributed by atoms with E-state index in [0.29, 0.717) is 24.1 Å². The van der Waals surface area contributed by atoms with Crippen molar-refractivity contribution in [3.05, 3.63) is 11.7 Å². The van der Waals surface area contributed by atoms with Crippen molar-refractivity contribution in [1.29, 1.82) is 0 Å². The maximum absolute atomic E-state index is 9.80. The Balaban J connectivity index is 1.89. The first kappa shape index (κ1) is 13.5. The van der Waals surface area contributed by atoms with Gasteiger partial charge in [-0.1, -0.05) is 44.2 Å². The summed E-state index contributed by atoms with van der Waals surface area (Å²) in [6.45, 7) is 2.04. The Morgan fingerprint density at radius 1 is 1.28 bits per heavy atom. The minimum atomic E-state index is -0.568. The molecule has 1 atom stereocenters. The van der Waals surface area contributed by atoms with Crippen LogP contribution in [0.2, 0.25) is 0 Å². The van der Waals surface area contributed by atoms with Crippen LogP contribution >= 0.6 is 0 Å². The van der Waals surface area contributed by atoms with E-state index in [1.807, 2.05) is 6.92 Å². The topological polar surface area (TPSA) is 59.2 Å². The van der Waals surface area contributed by atoms with Crippen LogP contribution in [0, 0.1) is 5.92 Å². The maximum Gasteiger partial charge on any atom is 0.227 e. The number of aromatic nitrogens is 2. The zero-order chi connectivity index (χ0) is 12.8. The molecule has 1 unspecified atom stereocenters. The van der Waals surface area contributed by atoms with Crippen LogP contribution < -0.4 is 0 Å². The predicted molar refractivity (Wildman–Crippen MR) is 69.1 cm³/mol. The highest BCUT2D eigenvalue weighted by molar-refractivity contribution is 4.92. The lowest BCUT2D eigenvalue weighted by atomic mass is 9.97. The molecule has 0 aliphatic heterocycles. The van der Waals surface area contributed by atoms with Crippen LogP contribution in [0.3, 0.4) is 0 Å². The lowest BCUT2D eigenvalue weighted by molar-refractivity contribution is 0.152. The summed E-state index contributed by atoms with van der Waals surface area (Å²) in [4.78, 5) is 4.33. The molecule has 1 saturated carbocycles. The van der Waals surface area contributed by atoms with E-state index in [1.54, 1.807) is 0 Å². The zero-order valence-corrected chi connectivity index (χ0v) is 11.3. The third kappa shape index (κ3) is 3.80. The van der Waals surface area contributed by atoms with Crippen molar-refractivity contribution < 1.29 is 9.63 Å². The van der Waals surface area contributed by atoms with E-state index in [2.05, 4.69) is 10.1 Å². The molecule has 0 spiro atoms. The molecular formula is C14H24N2O2. The van der Waals surface area contributed by atoms with Gasteiger partial charge in [0.05, 0.1) is 0 Å². The summed E-state index contributed by atoms with van der Waals surface area (Å²) in [5.41, 5.74) is 0. The SMILES string of the molecule is CCCC(O)c1noc(CC2CCCCCC2)n1. The van der Waals surface area contributed by atoms with Crippen molar-refractivity contribution in [2.24, 2.45) is 5.92 Å². The normalized spacial score (nSPS) is 19.7. The van der Waals surface area contributed by atoms with Crippen LogP contribution in [-0.2, 0) is 6.42 Å². The standard InChI is InChI=1S/C14H24N2O2/c1-2-7-12(17)14-15-13(18-16-14)10-11-8-5-3-4-6-9-11/h11-12,17H,2-10H2,1H3. The molecule has 1 N–H and O–H groups in total. The molecule has 0 bridgehead atoms. The molecule has 4 nitrogen and oxygen atoms in total. The van der Waals surface area contributed by atoms with Gasteiger partial charge in [-0.15, -0.1) is 0 Å². The molecule has 0 radical (unpaired) electrons. The molecular weight excluding hydrogens is 228 g/mol. The number of aliphatic hydroxyl groups excluding tert-OH is 1. The second-order valence-electron chi connectivity index (χ2n) is 5.41. The van der Waals surface area contributed by atoms with Crippen LogP contribution in [0.15, 0.2) is 4.52 Å². The van der Waals surface area contributed by atoms with Gasteiger partial charge >= 0.3 is 0 Å². The van der Waals surface area contributed by atoms with Gasteiger partial charge in [0.1, 0.15) is 6.10 Å². The molecule has 1 aliphatic carbocycles. The smallest absolute Gasteiger partial charge is 0.227 e. The average Bonchev–Trinajstić information content (AvgIpc) is 2.67. The Morgan fingerprint density at radius 2 is 2.00 bits per heavy atom. The molecule has 102 valence electrons. The Kier molecular flexibility index (Phi) is 5.17. The van der Waals surface area contributed by atoms with Gasteiger partial charge in [-0.3, -0.25) is 0 Å². The van der Waals surface area contributed by atoms with E-state index >= 15 is 0 Å². The van der Waals surface area contributed by atoms with Crippen molar-refractivity contribution in [2.75, 3.05) is 0 Å². The Hall–Kier alpha value is -0.900. The molecule has 0 amide bonds. The van der Waals surface area contributed by atoms with Gasteiger partial charge in [-0.05, 0) is 25.2 Å². The summed E-state index contributed by atoms with van der Waals surface area (Å²) in [6, 6.07) is 0. The van der Waals surface area contributed by atoms with Gasteiger partial charge in [0.25, 0.3) is 0 Å². The van der Waals surface area contributed by atoms with E-state index in [0.717, 1.165) is 12.8 Å². The summed E-state index contributed by atoms with van der Waals surface area (Å²) in [5, 5.41) is 13.7. The Bertz CT molecular complexity index is 343. The molecule has 0 saturated heterocycles. The third-order valence-electron chi connectivity index (χ3n) is 3.78. The summed E-state index contributed by atoms with van der Waals surface area (Å²) in [6.07, 6.45) is 9.85. The Labute approximate surface area is 109 Å². The molecule has 0 aromatic carbocycles. The first-order valence-electron chi connectivity index (χ1n) is 7.30. The number of aliphatic hydroxyl groups is 1. The van der Waals surface area contributed by atoms with E-state index < -0.39 is 6.10 Å². The molecule has 1 aromatic heterocycles. The van der Waals surface area contributed by atoms with Gasteiger partial charge in [-0.2, -0.15) is 4.98 Å². The first-order valence-corrected chi connectivity index (χ1v) is 7.30. The fourth-order valence-corrected chi connectivity index (χ4v) is 2.70. The van der Waals surface area contributed by atoms with Crippen molar-refractivity contribution in [1.82, 2.24) is 10.1 Å². The largest absolute Gasteiger partial charge is 0.385 e. The van der Waals surface area contributed by atoms with Crippen LogP contribution in [0.5, 0.6) is 0 Å². The quantitative estimate of drug-likeness (QED) is 0.816. The van der Waals surface area contributed by atoms with Gasteiger partial charge in [0.15, 0.2) is 5.82 Å². The lowest BCUT2D eigenvalue weighted by Crippen LogP contribution is -2.04. The predicted octanol–water partition coefficient (Wildman–Crippen LogP) is 3.42. The minimum absolute atomic E-state index is 0.459. The van der Waals surface area contributed by atoms with Crippen LogP contribution in [-0.4, -0.2) is 15.2 Å². The maximum atomic E-state index is 9.80. The van der Waals surface area contributed by atoms with E-state index in [9.17, 15) is 5.11 Å². The Morgan fingerprint density at radius 3 is 2.67 bits per heavy atom. The molecule has 2 rings (SSSR count). The number of nitrogens with zero attached hydrogens (tertiary/aromatic N) is 2. The number of rotatable bonds is 5. The van der Waals surface area contributed by atoms with Crippen LogP contribution in [0.4, 0.5) is 0 Å². The molecule has 18 heavy (non-hydrogen) atoms. The van der Waals surface area contributed by atoms with Crippen molar-refractivity contribution in [2.45, 2.75) is 70.8 Å². The first-order chi connectivity index (χ1) is 8.79. The zero-order valence-electron chi connectivity index (χ0n) is 11.3. The molecule has 1 aliphatic rings. The second-order valence-corrected chi connectivity index (χ2v) is 5.41. The molecule has 1 fully saturated rings. The van der Waals surface area contributed by atoms with E-state index in [4.69, 9.17) is 4.52 Å². The minimum Gasteiger partial charge on any atom is -0.385 e. The van der Waals surface area contributed by atoms with Gasteiger partial charge in [0, 0.05) is 6.42 Å². The second kappa shape index (κ2) is 6.88. The highest BCUT2D eigenvalue weighted by Gasteiger charge is 2.19. The molecule has 4 heteroatoms. The monoisotopic (exact) mass is 252 g/mol. The summed E-state index contributed by atoms with van der Waals surface area (Å²) in [7, 11) is 0. The fourth-order valence-electron chi connectivity index (χ4n) is 2.70. The van der Waals surface area contributed by atoms with Gasteiger partial charge in [0.2, 0.25) is 5.89 Å². The molecule has 1 aromatic rings. The van der Waals surface area contributed by atoms with Crippen LogP contribution in [0.1, 0.15) is 76.1 Å². The van der Waals surface area contributed by atoms with Crippen LogP contribution in [0.25, 0.3) is 0 Å². The van der Waals surface area contributed by atoms with E-state index in [1.165, 1.54) is 38.5 Å². The number of hydrogen-bond acceptors (Lipinski definition) is 4. The number of hydrogen-bond donors (Lipinski definition) is 1. The fraction of sp³-hybridized carbons (Fsp3) is 0.857. The van der Waals surface area contributed by atoms with Crippen molar-refractivity contribution in [3.63, 3.8) is 0 Å². The van der Waals surface area contributed by atoms with E-state index in [-0.39, 0.29) is 0 Å². The summed E-state index contributed by atoms with van der Waals surface area (Å²) >= 11 is 0.